The Morgan fingerprint density at radius 3 is 2.40 bits per heavy atom. The van der Waals surface area contributed by atoms with Gasteiger partial charge < -0.3 is 30.0 Å². The van der Waals surface area contributed by atoms with E-state index in [0.29, 0.717) is 19.3 Å². The van der Waals surface area contributed by atoms with E-state index < -0.39 is 68.0 Å². The Morgan fingerprint density at radius 2 is 1.76 bits per heavy atom. The molecule has 0 aromatic heterocycles. The normalized spacial score (nSPS) is 26.2. The molecule has 16 heteroatoms. The van der Waals surface area contributed by atoms with E-state index in [-0.39, 0.29) is 54.0 Å². The number of sulfone groups is 1. The number of ether oxygens (including phenoxy) is 3. The van der Waals surface area contributed by atoms with Gasteiger partial charge in [0.05, 0.1) is 30.1 Å². The van der Waals surface area contributed by atoms with E-state index in [4.69, 9.17) is 19.3 Å². The van der Waals surface area contributed by atoms with Crippen molar-refractivity contribution >= 4 is 33.3 Å². The van der Waals surface area contributed by atoms with Gasteiger partial charge in [-0.15, -0.1) is 0 Å². The van der Waals surface area contributed by atoms with E-state index in [0.717, 1.165) is 30.3 Å². The number of methoxy groups -OCH3 is 1. The standard InChI is InChI=1S/C29H30F4N2O9S/c1-42-22-12-20(30)23(44-17-7-8-21(28(38)39)43-13-17)11-19(22)26(36)35-25-15-6-5-14(9-15)24(25)27(37)34-16-3-2-4-18(10-16)45(40,41)29(31,32)33/h2-4,10-12,14-15,17,21,24-25H,5-9,13H2,1H3,(H,34,37)(H,35,36)(H,38,39)/t14-,15+,17-,21-,24+,25-/m1/s1. The number of carboxylic acids is 1. The Balaban J connectivity index is 1.32. The van der Waals surface area contributed by atoms with E-state index in [2.05, 4.69) is 10.6 Å². The fourth-order valence-corrected chi connectivity index (χ4v) is 7.18. The van der Waals surface area contributed by atoms with Crippen molar-refractivity contribution in [2.45, 2.75) is 60.8 Å². The average molecular weight is 659 g/mol. The predicted molar refractivity (Wildman–Crippen MR) is 148 cm³/mol. The fourth-order valence-electron chi connectivity index (χ4n) is 6.37. The summed E-state index contributed by atoms with van der Waals surface area (Å²) in [6.45, 7) is -0.100. The van der Waals surface area contributed by atoms with E-state index in [1.54, 1.807) is 0 Å². The zero-order valence-electron chi connectivity index (χ0n) is 23.8. The molecule has 2 saturated carbocycles. The number of amides is 2. The van der Waals surface area contributed by atoms with Gasteiger partial charge in [0, 0.05) is 17.8 Å². The number of halogens is 4. The molecule has 6 atom stereocenters. The molecule has 3 N–H and O–H groups in total. The lowest BCUT2D eigenvalue weighted by atomic mass is 9.83. The number of anilines is 1. The molecule has 1 aliphatic heterocycles. The quantitative estimate of drug-likeness (QED) is 0.340. The molecule has 11 nitrogen and oxygen atoms in total. The van der Waals surface area contributed by atoms with Crippen molar-refractivity contribution in [1.29, 1.82) is 0 Å². The predicted octanol–water partition coefficient (Wildman–Crippen LogP) is 3.92. The number of hydrogen-bond donors (Lipinski definition) is 3. The molecule has 3 fully saturated rings. The van der Waals surface area contributed by atoms with Crippen LogP contribution < -0.4 is 20.1 Å². The summed E-state index contributed by atoms with van der Waals surface area (Å²) in [4.78, 5) is 37.1. The van der Waals surface area contributed by atoms with Crippen LogP contribution in [0.4, 0.5) is 23.2 Å². The first-order valence-electron chi connectivity index (χ1n) is 14.1. The number of carboxylic acid groups (broad SMARTS) is 1. The van der Waals surface area contributed by atoms with E-state index in [1.807, 2.05) is 0 Å². The van der Waals surface area contributed by atoms with Crippen LogP contribution in [-0.4, -0.2) is 68.8 Å². The van der Waals surface area contributed by atoms with Crippen LogP contribution in [0.2, 0.25) is 0 Å². The zero-order valence-corrected chi connectivity index (χ0v) is 24.6. The molecule has 2 amide bonds. The molecule has 0 unspecified atom stereocenters. The Labute approximate surface area is 255 Å². The number of benzene rings is 2. The van der Waals surface area contributed by atoms with E-state index in [1.165, 1.54) is 13.2 Å². The van der Waals surface area contributed by atoms with Gasteiger partial charge in [0.1, 0.15) is 11.9 Å². The van der Waals surface area contributed by atoms with Crippen LogP contribution in [0.15, 0.2) is 41.3 Å². The first kappa shape index (κ1) is 32.5. The third-order valence-corrected chi connectivity index (χ3v) is 10.0. The number of nitrogens with one attached hydrogen (secondary N) is 2. The second-order valence-electron chi connectivity index (χ2n) is 11.3. The zero-order chi connectivity index (χ0) is 32.7. The number of hydrogen-bond acceptors (Lipinski definition) is 8. The van der Waals surface area contributed by atoms with Crippen molar-refractivity contribution in [2.24, 2.45) is 17.8 Å². The number of carbonyl (C=O) groups is 3. The van der Waals surface area contributed by atoms with Gasteiger partial charge in [0.15, 0.2) is 17.7 Å². The summed E-state index contributed by atoms with van der Waals surface area (Å²) in [5, 5.41) is 14.4. The van der Waals surface area contributed by atoms with Crippen LogP contribution in [0, 0.1) is 23.6 Å². The lowest BCUT2D eigenvalue weighted by molar-refractivity contribution is -0.156. The maximum absolute atomic E-state index is 14.9. The Bertz CT molecular complexity index is 1590. The van der Waals surface area contributed by atoms with Gasteiger partial charge in [-0.2, -0.15) is 13.2 Å². The SMILES string of the molecule is COc1cc(F)c(O[C@@H]2CC[C@H](C(=O)O)OC2)cc1C(=O)N[C@@H]1[C@H]2CC[C@H](C2)[C@@H]1C(=O)Nc1cccc(S(=O)(=O)C(F)(F)F)c1. The summed E-state index contributed by atoms with van der Waals surface area (Å²) in [6, 6.07) is 5.30. The minimum Gasteiger partial charge on any atom is -0.496 e. The van der Waals surface area contributed by atoms with Crippen LogP contribution in [-0.2, 0) is 24.2 Å². The van der Waals surface area contributed by atoms with E-state index >= 15 is 0 Å². The van der Waals surface area contributed by atoms with Crippen LogP contribution >= 0.6 is 0 Å². The van der Waals surface area contributed by atoms with Gasteiger partial charge in [0.2, 0.25) is 5.91 Å². The summed E-state index contributed by atoms with van der Waals surface area (Å²) in [7, 11) is -4.39. The lowest BCUT2D eigenvalue weighted by Gasteiger charge is -2.31. The smallest absolute Gasteiger partial charge is 0.496 e. The number of aliphatic carboxylic acids is 1. The molecule has 244 valence electrons. The van der Waals surface area contributed by atoms with Crippen molar-refractivity contribution < 1.29 is 59.7 Å². The Hall–Kier alpha value is -3.92. The van der Waals surface area contributed by atoms with Crippen LogP contribution in [0.1, 0.15) is 42.5 Å². The number of alkyl halides is 3. The summed E-state index contributed by atoms with van der Waals surface area (Å²) in [6.07, 6.45) is 0.782. The maximum Gasteiger partial charge on any atom is 0.501 e. The maximum atomic E-state index is 14.9. The fraction of sp³-hybridized carbons (Fsp3) is 0.483. The summed E-state index contributed by atoms with van der Waals surface area (Å²) in [5.41, 5.74) is -5.75. The molecule has 45 heavy (non-hydrogen) atoms. The Kier molecular flexibility index (Phi) is 8.99. The average Bonchev–Trinajstić information content (AvgIpc) is 3.60. The number of carbonyl (C=O) groups excluding carboxylic acids is 2. The highest BCUT2D eigenvalue weighted by Gasteiger charge is 2.52. The molecule has 0 radical (unpaired) electrons. The van der Waals surface area contributed by atoms with Crippen LogP contribution in [0.3, 0.4) is 0 Å². The third-order valence-electron chi connectivity index (χ3n) is 8.54. The summed E-state index contributed by atoms with van der Waals surface area (Å²) < 4.78 is 93.9. The molecule has 1 saturated heterocycles. The highest BCUT2D eigenvalue weighted by molar-refractivity contribution is 7.92. The van der Waals surface area contributed by atoms with Crippen molar-refractivity contribution in [2.75, 3.05) is 19.0 Å². The largest absolute Gasteiger partial charge is 0.501 e. The van der Waals surface area contributed by atoms with Crippen molar-refractivity contribution in [3.05, 3.63) is 47.8 Å². The van der Waals surface area contributed by atoms with Crippen molar-refractivity contribution in [3.63, 3.8) is 0 Å². The molecular weight excluding hydrogens is 628 g/mol. The molecule has 5 rings (SSSR count). The van der Waals surface area contributed by atoms with Gasteiger partial charge >= 0.3 is 11.5 Å². The van der Waals surface area contributed by atoms with Crippen LogP contribution in [0.5, 0.6) is 11.5 Å². The molecule has 3 aliphatic rings. The van der Waals surface area contributed by atoms with Gasteiger partial charge in [0.25, 0.3) is 15.7 Å². The number of fused-ring (bicyclic) bond motifs is 2. The number of rotatable bonds is 9. The second-order valence-corrected chi connectivity index (χ2v) is 13.2. The molecule has 2 aromatic rings. The van der Waals surface area contributed by atoms with E-state index in [9.17, 15) is 40.4 Å². The highest BCUT2D eigenvalue weighted by atomic mass is 32.2. The summed E-state index contributed by atoms with van der Waals surface area (Å²) in [5.74, 6) is -4.60. The van der Waals surface area contributed by atoms with Crippen molar-refractivity contribution in [3.8, 4) is 11.5 Å². The van der Waals surface area contributed by atoms with Gasteiger partial charge in [-0.05, 0) is 68.2 Å². The Morgan fingerprint density at radius 1 is 1.02 bits per heavy atom. The van der Waals surface area contributed by atoms with Crippen LogP contribution in [0.25, 0.3) is 0 Å². The molecule has 2 aliphatic carbocycles. The summed E-state index contributed by atoms with van der Waals surface area (Å²) >= 11 is 0. The van der Waals surface area contributed by atoms with Gasteiger partial charge in [-0.3, -0.25) is 9.59 Å². The molecule has 1 heterocycles. The minimum absolute atomic E-state index is 0.0824. The topological polar surface area (TPSA) is 157 Å². The minimum atomic E-state index is -5.64. The second kappa shape index (κ2) is 12.5. The first-order valence-corrected chi connectivity index (χ1v) is 15.6. The van der Waals surface area contributed by atoms with Gasteiger partial charge in [-0.1, -0.05) is 6.07 Å². The first-order chi connectivity index (χ1) is 21.2. The van der Waals surface area contributed by atoms with Gasteiger partial charge in [-0.25, -0.2) is 17.6 Å². The highest BCUT2D eigenvalue weighted by Crippen LogP contribution is 2.49. The monoisotopic (exact) mass is 658 g/mol. The van der Waals surface area contributed by atoms with Crippen molar-refractivity contribution in [1.82, 2.24) is 5.32 Å². The molecule has 0 spiro atoms. The third kappa shape index (κ3) is 6.57. The molecular formula is C29H30F4N2O9S. The molecule has 2 aromatic carbocycles. The molecule has 2 bridgehead atoms. The lowest BCUT2D eigenvalue weighted by Crippen LogP contribution is -2.48.